The highest BCUT2D eigenvalue weighted by molar-refractivity contribution is 7.85. The predicted molar refractivity (Wildman–Crippen MR) is 110 cm³/mol. The molecule has 0 radical (unpaired) electrons. The summed E-state index contributed by atoms with van der Waals surface area (Å²) in [6.07, 6.45) is 0. The van der Waals surface area contributed by atoms with Crippen LogP contribution < -0.4 is 20.7 Å². The van der Waals surface area contributed by atoms with E-state index >= 15 is 0 Å². The standard InChI is InChI=1S/C23H19O2P/c1-25-22-17-16-18-10-8-9-15-21(18)23(22)26(24,19-11-4-2-5-12-19)20-13-6-3-7-14-20/h2-17H,1H3. The Morgan fingerprint density at radius 2 is 1.19 bits per heavy atom. The molecule has 26 heavy (non-hydrogen) atoms. The van der Waals surface area contributed by atoms with E-state index in [0.29, 0.717) is 5.75 Å². The molecule has 0 bridgehead atoms. The zero-order valence-electron chi connectivity index (χ0n) is 14.5. The quantitative estimate of drug-likeness (QED) is 0.503. The largest absolute Gasteiger partial charge is 0.496 e. The van der Waals surface area contributed by atoms with Crippen LogP contribution in [0.25, 0.3) is 10.8 Å². The molecule has 0 heterocycles. The van der Waals surface area contributed by atoms with Crippen LogP contribution in [0.15, 0.2) is 97.1 Å². The van der Waals surface area contributed by atoms with Crippen LogP contribution in [0.1, 0.15) is 0 Å². The van der Waals surface area contributed by atoms with Gasteiger partial charge in [-0.3, -0.25) is 0 Å². The van der Waals surface area contributed by atoms with E-state index in [1.54, 1.807) is 7.11 Å². The van der Waals surface area contributed by atoms with Gasteiger partial charge >= 0.3 is 0 Å². The lowest BCUT2D eigenvalue weighted by Crippen LogP contribution is -2.26. The van der Waals surface area contributed by atoms with Crippen LogP contribution in [0, 0.1) is 0 Å². The zero-order chi connectivity index (χ0) is 18.0. The summed E-state index contributed by atoms with van der Waals surface area (Å²) >= 11 is 0. The Morgan fingerprint density at radius 3 is 1.77 bits per heavy atom. The summed E-state index contributed by atoms with van der Waals surface area (Å²) in [5.41, 5.74) is 0. The molecule has 0 aromatic heterocycles. The summed E-state index contributed by atoms with van der Waals surface area (Å²) in [6.45, 7) is 0. The Kier molecular flexibility index (Phi) is 4.36. The van der Waals surface area contributed by atoms with Gasteiger partial charge < -0.3 is 9.30 Å². The van der Waals surface area contributed by atoms with Gasteiger partial charge in [-0.15, -0.1) is 0 Å². The van der Waals surface area contributed by atoms with Gasteiger partial charge in [0.25, 0.3) is 0 Å². The van der Waals surface area contributed by atoms with Crippen molar-refractivity contribution in [3.8, 4) is 5.75 Å². The van der Waals surface area contributed by atoms with Gasteiger partial charge in [0.05, 0.1) is 12.4 Å². The highest BCUT2D eigenvalue weighted by atomic mass is 31.2. The van der Waals surface area contributed by atoms with Crippen LogP contribution in [-0.4, -0.2) is 7.11 Å². The summed E-state index contributed by atoms with van der Waals surface area (Å²) in [4.78, 5) is 0. The average Bonchev–Trinajstić information content (AvgIpc) is 2.73. The molecular weight excluding hydrogens is 339 g/mol. The van der Waals surface area contributed by atoms with E-state index in [-0.39, 0.29) is 0 Å². The first-order valence-corrected chi connectivity index (χ1v) is 10.2. The normalized spacial score (nSPS) is 11.4. The Balaban J connectivity index is 2.15. The molecule has 0 aliphatic carbocycles. The van der Waals surface area contributed by atoms with Gasteiger partial charge in [-0.05, 0) is 16.8 Å². The highest BCUT2D eigenvalue weighted by Crippen LogP contribution is 2.47. The van der Waals surface area contributed by atoms with E-state index in [1.165, 1.54) is 0 Å². The Labute approximate surface area is 153 Å². The Morgan fingerprint density at radius 1 is 0.654 bits per heavy atom. The number of rotatable bonds is 4. The van der Waals surface area contributed by atoms with E-state index in [0.717, 1.165) is 26.7 Å². The molecule has 0 unspecified atom stereocenters. The van der Waals surface area contributed by atoms with Gasteiger partial charge in [-0.2, -0.15) is 0 Å². The van der Waals surface area contributed by atoms with Crippen LogP contribution >= 0.6 is 7.14 Å². The van der Waals surface area contributed by atoms with Crippen LogP contribution in [0.4, 0.5) is 0 Å². The van der Waals surface area contributed by atoms with Crippen molar-refractivity contribution in [2.24, 2.45) is 0 Å². The summed E-state index contributed by atoms with van der Waals surface area (Å²) in [6, 6.07) is 31.3. The molecule has 0 fully saturated rings. The summed E-state index contributed by atoms with van der Waals surface area (Å²) in [5, 5.41) is 4.38. The number of ether oxygens (including phenoxy) is 1. The lowest BCUT2D eigenvalue weighted by molar-refractivity contribution is 0.418. The third-order valence-electron chi connectivity index (χ3n) is 4.64. The zero-order valence-corrected chi connectivity index (χ0v) is 15.4. The van der Waals surface area contributed by atoms with Crippen molar-refractivity contribution in [1.29, 1.82) is 0 Å². The van der Waals surface area contributed by atoms with Gasteiger partial charge in [0.1, 0.15) is 5.75 Å². The molecule has 0 amide bonds. The van der Waals surface area contributed by atoms with Crippen molar-refractivity contribution in [2.45, 2.75) is 0 Å². The SMILES string of the molecule is COc1ccc2ccccc2c1P(=O)(c1ccccc1)c1ccccc1. The number of methoxy groups -OCH3 is 1. The maximum Gasteiger partial charge on any atom is 0.175 e. The molecule has 4 aromatic carbocycles. The maximum absolute atomic E-state index is 14.7. The first-order chi connectivity index (χ1) is 12.7. The van der Waals surface area contributed by atoms with Crippen molar-refractivity contribution in [3.63, 3.8) is 0 Å². The second-order valence-corrected chi connectivity index (χ2v) is 8.82. The predicted octanol–water partition coefficient (Wildman–Crippen LogP) is 4.49. The van der Waals surface area contributed by atoms with Crippen molar-refractivity contribution < 1.29 is 9.30 Å². The fourth-order valence-corrected chi connectivity index (χ4v) is 6.43. The lowest BCUT2D eigenvalue weighted by Gasteiger charge is -2.23. The lowest BCUT2D eigenvalue weighted by atomic mass is 10.1. The van der Waals surface area contributed by atoms with Gasteiger partial charge in [-0.1, -0.05) is 91.0 Å². The van der Waals surface area contributed by atoms with Crippen LogP contribution in [0.5, 0.6) is 5.75 Å². The second-order valence-electron chi connectivity index (χ2n) is 6.12. The third kappa shape index (κ3) is 2.64. The summed E-state index contributed by atoms with van der Waals surface area (Å²) in [7, 11) is -1.47. The molecule has 0 N–H and O–H groups in total. The highest BCUT2D eigenvalue weighted by Gasteiger charge is 2.34. The van der Waals surface area contributed by atoms with E-state index in [2.05, 4.69) is 0 Å². The average molecular weight is 358 g/mol. The Bertz CT molecular complexity index is 1050. The van der Waals surface area contributed by atoms with E-state index < -0.39 is 7.14 Å². The van der Waals surface area contributed by atoms with Gasteiger partial charge in [0, 0.05) is 10.6 Å². The molecule has 2 nitrogen and oxygen atoms in total. The van der Waals surface area contributed by atoms with Crippen molar-refractivity contribution >= 4 is 33.8 Å². The number of fused-ring (bicyclic) bond motifs is 1. The minimum absolute atomic E-state index is 0.653. The van der Waals surface area contributed by atoms with Crippen LogP contribution in [-0.2, 0) is 4.57 Å². The molecule has 0 atom stereocenters. The molecule has 0 aliphatic rings. The molecule has 0 saturated heterocycles. The first kappa shape index (κ1) is 16.6. The summed E-state index contributed by atoms with van der Waals surface area (Å²) in [5.74, 6) is 0.653. The maximum atomic E-state index is 14.7. The molecule has 0 aliphatic heterocycles. The van der Waals surface area contributed by atoms with Gasteiger partial charge in [0.2, 0.25) is 0 Å². The minimum atomic E-state index is -3.10. The molecule has 0 saturated carbocycles. The molecule has 0 spiro atoms. The Hall–Kier alpha value is -2.83. The van der Waals surface area contributed by atoms with Crippen molar-refractivity contribution in [2.75, 3.05) is 7.11 Å². The van der Waals surface area contributed by atoms with Crippen molar-refractivity contribution in [1.82, 2.24) is 0 Å². The van der Waals surface area contributed by atoms with Gasteiger partial charge in [0.15, 0.2) is 7.14 Å². The van der Waals surface area contributed by atoms with Crippen LogP contribution in [0.2, 0.25) is 0 Å². The molecule has 128 valence electrons. The minimum Gasteiger partial charge on any atom is -0.496 e. The van der Waals surface area contributed by atoms with Gasteiger partial charge in [-0.25, -0.2) is 0 Å². The van der Waals surface area contributed by atoms with E-state index in [1.807, 2.05) is 97.1 Å². The molecule has 3 heteroatoms. The first-order valence-electron chi connectivity index (χ1n) is 8.53. The topological polar surface area (TPSA) is 26.3 Å². The third-order valence-corrected chi connectivity index (χ3v) is 7.78. The molecular formula is C23H19O2P. The van der Waals surface area contributed by atoms with Crippen molar-refractivity contribution in [3.05, 3.63) is 97.1 Å². The fourth-order valence-electron chi connectivity index (χ4n) is 3.41. The summed E-state index contributed by atoms with van der Waals surface area (Å²) < 4.78 is 20.4. The van der Waals surface area contributed by atoms with Crippen LogP contribution in [0.3, 0.4) is 0 Å². The van der Waals surface area contributed by atoms with E-state index in [4.69, 9.17) is 4.74 Å². The monoisotopic (exact) mass is 358 g/mol. The molecule has 4 aromatic rings. The van der Waals surface area contributed by atoms with E-state index in [9.17, 15) is 4.57 Å². The number of hydrogen-bond donors (Lipinski definition) is 0. The second kappa shape index (κ2) is 6.82. The molecule has 4 rings (SSSR count). The fraction of sp³-hybridized carbons (Fsp3) is 0.0435. The smallest absolute Gasteiger partial charge is 0.175 e. The number of hydrogen-bond acceptors (Lipinski definition) is 2. The number of benzene rings is 4.